The summed E-state index contributed by atoms with van der Waals surface area (Å²) in [5, 5.41) is 4.17. The molecule has 0 radical (unpaired) electrons. The third-order valence-corrected chi connectivity index (χ3v) is 2.86. The number of nitrogen functional groups attached to an aromatic ring is 1. The average Bonchev–Trinajstić information content (AvgIpc) is 2.66. The molecular formula is C11H21N3O2S. The molecule has 1 aromatic heterocycles. The molecule has 0 saturated heterocycles. The summed E-state index contributed by atoms with van der Waals surface area (Å²) in [6.45, 7) is 7.07. The molecule has 17 heavy (non-hydrogen) atoms. The maximum absolute atomic E-state index is 5.71. The van der Waals surface area contributed by atoms with Gasteiger partial charge in [-0.15, -0.1) is 0 Å². The molecule has 0 aliphatic heterocycles. The van der Waals surface area contributed by atoms with E-state index in [0.717, 1.165) is 37.6 Å². The first-order valence-corrected chi connectivity index (χ1v) is 6.76. The van der Waals surface area contributed by atoms with Gasteiger partial charge in [0.1, 0.15) is 0 Å². The number of hydrogen-bond acceptors (Lipinski definition) is 6. The van der Waals surface area contributed by atoms with E-state index in [1.54, 1.807) is 0 Å². The van der Waals surface area contributed by atoms with E-state index >= 15 is 0 Å². The van der Waals surface area contributed by atoms with Gasteiger partial charge in [0, 0.05) is 19.8 Å². The van der Waals surface area contributed by atoms with Crippen molar-refractivity contribution in [2.75, 3.05) is 37.4 Å². The minimum Gasteiger partial charge on any atom is -0.487 e. The molecule has 1 rings (SSSR count). The average molecular weight is 259 g/mol. The SMILES string of the molecule is CCCOCCCNc1snc(N)c1OCC. The van der Waals surface area contributed by atoms with E-state index in [4.69, 9.17) is 15.2 Å². The normalized spacial score (nSPS) is 10.5. The third kappa shape index (κ3) is 4.79. The van der Waals surface area contributed by atoms with Crippen LogP contribution in [0.5, 0.6) is 5.75 Å². The number of nitrogens with zero attached hydrogens (tertiary/aromatic N) is 1. The standard InChI is InChI=1S/C11H21N3O2S/c1-3-7-15-8-5-6-13-11-9(16-4-2)10(12)14-17-11/h13H,3-8H2,1-2H3,(H2,12,14). The van der Waals surface area contributed by atoms with Gasteiger partial charge < -0.3 is 20.5 Å². The minimum absolute atomic E-state index is 0.460. The Kier molecular flexibility index (Phi) is 6.73. The summed E-state index contributed by atoms with van der Waals surface area (Å²) in [7, 11) is 0. The van der Waals surface area contributed by atoms with E-state index < -0.39 is 0 Å². The Morgan fingerprint density at radius 3 is 2.88 bits per heavy atom. The molecule has 0 saturated carbocycles. The predicted octanol–water partition coefficient (Wildman–Crippen LogP) is 2.35. The van der Waals surface area contributed by atoms with E-state index in [1.807, 2.05) is 6.92 Å². The van der Waals surface area contributed by atoms with E-state index in [1.165, 1.54) is 11.5 Å². The largest absolute Gasteiger partial charge is 0.487 e. The fourth-order valence-electron chi connectivity index (χ4n) is 1.31. The van der Waals surface area contributed by atoms with Gasteiger partial charge in [-0.05, 0) is 31.3 Å². The molecule has 0 spiro atoms. The monoisotopic (exact) mass is 259 g/mol. The topological polar surface area (TPSA) is 69.4 Å². The van der Waals surface area contributed by atoms with Crippen LogP contribution in [0, 0.1) is 0 Å². The summed E-state index contributed by atoms with van der Waals surface area (Å²) < 4.78 is 14.9. The molecule has 0 unspecified atom stereocenters. The van der Waals surface area contributed by atoms with Crippen molar-refractivity contribution in [2.24, 2.45) is 0 Å². The summed E-state index contributed by atoms with van der Waals surface area (Å²) in [6, 6.07) is 0. The molecule has 0 bridgehead atoms. The van der Waals surface area contributed by atoms with Crippen molar-refractivity contribution in [3.63, 3.8) is 0 Å². The third-order valence-electron chi connectivity index (χ3n) is 2.06. The van der Waals surface area contributed by atoms with Crippen molar-refractivity contribution in [3.8, 4) is 5.75 Å². The van der Waals surface area contributed by atoms with Crippen LogP contribution in [0.1, 0.15) is 26.7 Å². The van der Waals surface area contributed by atoms with Gasteiger partial charge in [-0.1, -0.05) is 6.92 Å². The van der Waals surface area contributed by atoms with Crippen molar-refractivity contribution in [2.45, 2.75) is 26.7 Å². The van der Waals surface area contributed by atoms with Crippen LogP contribution < -0.4 is 15.8 Å². The molecule has 1 heterocycles. The van der Waals surface area contributed by atoms with Crippen LogP contribution in [0.2, 0.25) is 0 Å². The number of anilines is 2. The lowest BCUT2D eigenvalue weighted by molar-refractivity contribution is 0.134. The molecule has 6 heteroatoms. The van der Waals surface area contributed by atoms with Gasteiger partial charge in [-0.2, -0.15) is 4.37 Å². The molecule has 98 valence electrons. The van der Waals surface area contributed by atoms with Crippen LogP contribution in [0.4, 0.5) is 10.8 Å². The fourth-order valence-corrected chi connectivity index (χ4v) is 2.00. The maximum atomic E-state index is 5.71. The Balaban J connectivity index is 2.26. The van der Waals surface area contributed by atoms with Gasteiger partial charge in [-0.25, -0.2) is 0 Å². The van der Waals surface area contributed by atoms with Crippen LogP contribution in [-0.4, -0.2) is 30.7 Å². The molecule has 0 aliphatic carbocycles. The predicted molar refractivity (Wildman–Crippen MR) is 71.9 cm³/mol. The van der Waals surface area contributed by atoms with E-state index in [2.05, 4.69) is 16.6 Å². The number of nitrogens with two attached hydrogens (primary N) is 1. The van der Waals surface area contributed by atoms with Crippen molar-refractivity contribution in [1.29, 1.82) is 0 Å². The van der Waals surface area contributed by atoms with Crippen molar-refractivity contribution in [1.82, 2.24) is 4.37 Å². The first-order chi connectivity index (χ1) is 8.29. The number of nitrogens with one attached hydrogen (secondary N) is 1. The van der Waals surface area contributed by atoms with E-state index in [-0.39, 0.29) is 0 Å². The first kappa shape index (κ1) is 14.1. The molecular weight excluding hydrogens is 238 g/mol. The summed E-state index contributed by atoms with van der Waals surface area (Å²) >= 11 is 1.33. The summed E-state index contributed by atoms with van der Waals surface area (Å²) in [6.07, 6.45) is 2.02. The molecule has 0 amide bonds. The molecule has 0 aromatic carbocycles. The Labute approximate surface area is 106 Å². The number of hydrogen-bond donors (Lipinski definition) is 2. The highest BCUT2D eigenvalue weighted by molar-refractivity contribution is 7.11. The van der Waals surface area contributed by atoms with Gasteiger partial charge in [0.2, 0.25) is 0 Å². The highest BCUT2D eigenvalue weighted by Crippen LogP contribution is 2.34. The lowest BCUT2D eigenvalue weighted by atomic mass is 10.4. The Morgan fingerprint density at radius 2 is 2.18 bits per heavy atom. The lowest BCUT2D eigenvalue weighted by Crippen LogP contribution is -2.06. The second-order valence-electron chi connectivity index (χ2n) is 3.55. The van der Waals surface area contributed by atoms with Crippen LogP contribution in [0.25, 0.3) is 0 Å². The maximum Gasteiger partial charge on any atom is 0.197 e. The minimum atomic E-state index is 0.460. The van der Waals surface area contributed by atoms with Gasteiger partial charge in [0.25, 0.3) is 0 Å². The quantitative estimate of drug-likeness (QED) is 0.666. The van der Waals surface area contributed by atoms with E-state index in [0.29, 0.717) is 18.2 Å². The van der Waals surface area contributed by atoms with Crippen LogP contribution in [0.15, 0.2) is 0 Å². The summed E-state index contributed by atoms with van der Waals surface area (Å²) in [5.41, 5.74) is 5.71. The number of aromatic nitrogens is 1. The van der Waals surface area contributed by atoms with Crippen LogP contribution in [0.3, 0.4) is 0 Å². The van der Waals surface area contributed by atoms with Gasteiger partial charge >= 0.3 is 0 Å². The van der Waals surface area contributed by atoms with Gasteiger partial charge in [0.15, 0.2) is 16.6 Å². The zero-order valence-corrected chi connectivity index (χ0v) is 11.3. The molecule has 0 atom stereocenters. The molecule has 1 aromatic rings. The first-order valence-electron chi connectivity index (χ1n) is 5.99. The van der Waals surface area contributed by atoms with Crippen molar-refractivity contribution < 1.29 is 9.47 Å². The fraction of sp³-hybridized carbons (Fsp3) is 0.727. The lowest BCUT2D eigenvalue weighted by Gasteiger charge is -2.07. The van der Waals surface area contributed by atoms with Gasteiger partial charge in [0.05, 0.1) is 6.61 Å². The van der Waals surface area contributed by atoms with E-state index in [9.17, 15) is 0 Å². The molecule has 3 N–H and O–H groups in total. The van der Waals surface area contributed by atoms with Crippen molar-refractivity contribution in [3.05, 3.63) is 0 Å². The molecule has 0 aliphatic rings. The zero-order valence-electron chi connectivity index (χ0n) is 10.5. The van der Waals surface area contributed by atoms with Crippen LogP contribution in [-0.2, 0) is 4.74 Å². The summed E-state index contributed by atoms with van der Waals surface area (Å²) in [4.78, 5) is 0. The molecule has 0 fully saturated rings. The number of ether oxygens (including phenoxy) is 2. The molecule has 5 nitrogen and oxygen atoms in total. The zero-order chi connectivity index (χ0) is 12.5. The second kappa shape index (κ2) is 8.14. The van der Waals surface area contributed by atoms with Crippen molar-refractivity contribution >= 4 is 22.4 Å². The summed E-state index contributed by atoms with van der Waals surface area (Å²) in [5.74, 6) is 1.13. The Hall–Kier alpha value is -1.01. The number of rotatable bonds is 9. The van der Waals surface area contributed by atoms with Gasteiger partial charge in [-0.3, -0.25) is 0 Å². The van der Waals surface area contributed by atoms with Crippen LogP contribution >= 0.6 is 11.5 Å². The Morgan fingerprint density at radius 1 is 1.35 bits per heavy atom. The highest BCUT2D eigenvalue weighted by Gasteiger charge is 2.11. The Bertz CT molecular complexity index is 318. The second-order valence-corrected chi connectivity index (χ2v) is 4.33. The smallest absolute Gasteiger partial charge is 0.197 e. The highest BCUT2D eigenvalue weighted by atomic mass is 32.1.